The fourth-order valence-electron chi connectivity index (χ4n) is 3.33. The molecule has 2 heterocycles. The zero-order valence-corrected chi connectivity index (χ0v) is 16.2. The SMILES string of the molecule is COc1ccc(Br)cc1/C=C/C(=O)N1CCN(CC2CCCO2)CC1. The molecule has 0 saturated carbocycles. The van der Waals surface area contributed by atoms with Crippen LogP contribution in [0.3, 0.4) is 0 Å². The third-order valence-corrected chi connectivity index (χ3v) is 5.26. The number of halogens is 1. The van der Waals surface area contributed by atoms with Gasteiger partial charge >= 0.3 is 0 Å². The summed E-state index contributed by atoms with van der Waals surface area (Å²) in [5, 5.41) is 0. The number of carbonyl (C=O) groups is 1. The van der Waals surface area contributed by atoms with E-state index in [9.17, 15) is 4.79 Å². The van der Waals surface area contributed by atoms with Crippen molar-refractivity contribution in [2.45, 2.75) is 18.9 Å². The highest BCUT2D eigenvalue weighted by Gasteiger charge is 2.24. The van der Waals surface area contributed by atoms with Crippen molar-refractivity contribution in [1.29, 1.82) is 0 Å². The number of nitrogens with zero attached hydrogens (tertiary/aromatic N) is 2. The van der Waals surface area contributed by atoms with Crippen molar-refractivity contribution in [3.8, 4) is 5.75 Å². The van der Waals surface area contributed by atoms with Crippen molar-refractivity contribution < 1.29 is 14.3 Å². The predicted octanol–water partition coefficient (Wildman–Crippen LogP) is 2.79. The summed E-state index contributed by atoms with van der Waals surface area (Å²) in [5.74, 6) is 0.812. The van der Waals surface area contributed by atoms with Gasteiger partial charge in [0.15, 0.2) is 0 Å². The standard InChI is InChI=1S/C19H25BrN2O3/c1-24-18-6-5-16(20)13-15(18)4-7-19(23)22-10-8-21(9-11-22)14-17-3-2-12-25-17/h4-7,13,17H,2-3,8-12,14H2,1H3/b7-4+. The Morgan fingerprint density at radius 2 is 2.16 bits per heavy atom. The minimum absolute atomic E-state index is 0.0544. The molecule has 0 aliphatic carbocycles. The summed E-state index contributed by atoms with van der Waals surface area (Å²) in [5.41, 5.74) is 0.891. The molecule has 3 rings (SSSR count). The first-order valence-electron chi connectivity index (χ1n) is 8.80. The number of methoxy groups -OCH3 is 1. The summed E-state index contributed by atoms with van der Waals surface area (Å²) in [4.78, 5) is 16.8. The molecule has 5 nitrogen and oxygen atoms in total. The van der Waals surface area contributed by atoms with E-state index in [1.54, 1.807) is 13.2 Å². The van der Waals surface area contributed by atoms with E-state index in [2.05, 4.69) is 20.8 Å². The van der Waals surface area contributed by atoms with Crippen LogP contribution in [0.2, 0.25) is 0 Å². The van der Waals surface area contributed by atoms with Gasteiger partial charge in [0.2, 0.25) is 5.91 Å². The molecule has 136 valence electrons. The Bertz CT molecular complexity index is 621. The smallest absolute Gasteiger partial charge is 0.246 e. The second-order valence-corrected chi connectivity index (χ2v) is 7.40. The molecular formula is C19H25BrN2O3. The molecule has 2 aliphatic rings. The van der Waals surface area contributed by atoms with Gasteiger partial charge in [0.05, 0.1) is 13.2 Å². The van der Waals surface area contributed by atoms with Crippen molar-refractivity contribution in [3.05, 3.63) is 34.3 Å². The quantitative estimate of drug-likeness (QED) is 0.702. The molecule has 0 spiro atoms. The lowest BCUT2D eigenvalue weighted by Crippen LogP contribution is -2.50. The molecule has 1 aromatic carbocycles. The molecule has 1 aromatic rings. The van der Waals surface area contributed by atoms with Gasteiger partial charge in [0.1, 0.15) is 5.75 Å². The van der Waals surface area contributed by atoms with Gasteiger partial charge in [0.25, 0.3) is 0 Å². The summed E-state index contributed by atoms with van der Waals surface area (Å²) >= 11 is 3.45. The van der Waals surface area contributed by atoms with E-state index in [0.29, 0.717) is 6.10 Å². The van der Waals surface area contributed by atoms with E-state index in [-0.39, 0.29) is 5.91 Å². The number of amides is 1. The molecule has 2 aliphatic heterocycles. The number of piperazine rings is 1. The molecule has 2 fully saturated rings. The number of carbonyl (C=O) groups excluding carboxylic acids is 1. The van der Waals surface area contributed by atoms with E-state index >= 15 is 0 Å². The minimum atomic E-state index is 0.0544. The van der Waals surface area contributed by atoms with E-state index in [1.807, 2.05) is 29.2 Å². The number of hydrogen-bond donors (Lipinski definition) is 0. The van der Waals surface area contributed by atoms with Crippen LogP contribution >= 0.6 is 15.9 Å². The van der Waals surface area contributed by atoms with Crippen LogP contribution in [-0.2, 0) is 9.53 Å². The number of hydrogen-bond acceptors (Lipinski definition) is 4. The molecule has 0 bridgehead atoms. The molecular weight excluding hydrogens is 384 g/mol. The normalized spacial score (nSPS) is 21.8. The maximum absolute atomic E-state index is 12.5. The fourth-order valence-corrected chi connectivity index (χ4v) is 3.71. The first kappa shape index (κ1) is 18.4. The fraction of sp³-hybridized carbons (Fsp3) is 0.526. The van der Waals surface area contributed by atoms with Crippen LogP contribution in [0.1, 0.15) is 18.4 Å². The number of ether oxygens (including phenoxy) is 2. The first-order valence-corrected chi connectivity index (χ1v) is 9.59. The maximum atomic E-state index is 12.5. The van der Waals surface area contributed by atoms with Gasteiger partial charge in [0, 0.05) is 55.4 Å². The van der Waals surface area contributed by atoms with E-state index in [4.69, 9.17) is 9.47 Å². The molecule has 0 radical (unpaired) electrons. The third kappa shape index (κ3) is 5.06. The molecule has 25 heavy (non-hydrogen) atoms. The van der Waals surface area contributed by atoms with Gasteiger partial charge in [-0.05, 0) is 37.1 Å². The van der Waals surface area contributed by atoms with E-state index in [0.717, 1.165) is 61.5 Å². The second kappa shape index (κ2) is 8.83. The highest BCUT2D eigenvalue weighted by atomic mass is 79.9. The van der Waals surface area contributed by atoms with Crippen molar-refractivity contribution in [2.75, 3.05) is 46.4 Å². The Morgan fingerprint density at radius 3 is 2.84 bits per heavy atom. The Kier molecular flexibility index (Phi) is 6.51. The molecule has 0 N–H and O–H groups in total. The topological polar surface area (TPSA) is 42.0 Å². The summed E-state index contributed by atoms with van der Waals surface area (Å²) in [7, 11) is 1.63. The Labute approximate surface area is 157 Å². The zero-order chi connectivity index (χ0) is 17.6. The lowest BCUT2D eigenvalue weighted by atomic mass is 10.1. The largest absolute Gasteiger partial charge is 0.496 e. The molecule has 0 aromatic heterocycles. The van der Waals surface area contributed by atoms with Gasteiger partial charge < -0.3 is 14.4 Å². The predicted molar refractivity (Wildman–Crippen MR) is 102 cm³/mol. The van der Waals surface area contributed by atoms with Crippen LogP contribution in [0.5, 0.6) is 5.75 Å². The van der Waals surface area contributed by atoms with Crippen LogP contribution in [-0.4, -0.2) is 68.3 Å². The van der Waals surface area contributed by atoms with Crippen LogP contribution in [0.15, 0.2) is 28.7 Å². The van der Waals surface area contributed by atoms with Crippen LogP contribution in [0, 0.1) is 0 Å². The van der Waals surface area contributed by atoms with Crippen LogP contribution in [0.4, 0.5) is 0 Å². The van der Waals surface area contributed by atoms with Crippen LogP contribution < -0.4 is 4.74 Å². The lowest BCUT2D eigenvalue weighted by molar-refractivity contribution is -0.127. The van der Waals surface area contributed by atoms with Crippen molar-refractivity contribution in [2.24, 2.45) is 0 Å². The van der Waals surface area contributed by atoms with E-state index in [1.165, 1.54) is 6.42 Å². The Hall–Kier alpha value is -1.37. The van der Waals surface area contributed by atoms with Crippen LogP contribution in [0.25, 0.3) is 6.08 Å². The lowest BCUT2D eigenvalue weighted by Gasteiger charge is -2.35. The van der Waals surface area contributed by atoms with Crippen molar-refractivity contribution in [3.63, 3.8) is 0 Å². The van der Waals surface area contributed by atoms with Crippen molar-refractivity contribution >= 4 is 27.9 Å². The third-order valence-electron chi connectivity index (χ3n) is 4.77. The molecule has 1 amide bonds. The summed E-state index contributed by atoms with van der Waals surface area (Å²) in [6.07, 6.45) is 6.18. The van der Waals surface area contributed by atoms with Gasteiger partial charge in [-0.2, -0.15) is 0 Å². The molecule has 1 unspecified atom stereocenters. The Balaban J connectivity index is 1.51. The average molecular weight is 409 g/mol. The van der Waals surface area contributed by atoms with Gasteiger partial charge in [-0.1, -0.05) is 15.9 Å². The summed E-state index contributed by atoms with van der Waals surface area (Å²) in [6.45, 7) is 5.26. The summed E-state index contributed by atoms with van der Waals surface area (Å²) < 4.78 is 12.0. The monoisotopic (exact) mass is 408 g/mol. The highest BCUT2D eigenvalue weighted by Crippen LogP contribution is 2.24. The molecule has 1 atom stereocenters. The van der Waals surface area contributed by atoms with Gasteiger partial charge in [-0.25, -0.2) is 0 Å². The zero-order valence-electron chi connectivity index (χ0n) is 14.6. The summed E-state index contributed by atoms with van der Waals surface area (Å²) in [6, 6.07) is 5.76. The molecule has 6 heteroatoms. The second-order valence-electron chi connectivity index (χ2n) is 6.48. The molecule has 2 saturated heterocycles. The maximum Gasteiger partial charge on any atom is 0.246 e. The van der Waals surface area contributed by atoms with E-state index < -0.39 is 0 Å². The van der Waals surface area contributed by atoms with Crippen molar-refractivity contribution in [1.82, 2.24) is 9.80 Å². The van der Waals surface area contributed by atoms with Gasteiger partial charge in [-0.15, -0.1) is 0 Å². The number of rotatable bonds is 5. The number of benzene rings is 1. The highest BCUT2D eigenvalue weighted by molar-refractivity contribution is 9.10. The van der Waals surface area contributed by atoms with Gasteiger partial charge in [-0.3, -0.25) is 9.69 Å². The minimum Gasteiger partial charge on any atom is -0.496 e. The first-order chi connectivity index (χ1) is 12.2. The Morgan fingerprint density at radius 1 is 1.36 bits per heavy atom. The average Bonchev–Trinajstić information content (AvgIpc) is 3.13.